The molecule has 156 valence electrons. The normalized spacial score (nSPS) is 11.2. The molecule has 0 aliphatic carbocycles. The van der Waals surface area contributed by atoms with Crippen molar-refractivity contribution in [3.8, 4) is 28.7 Å². The number of allylic oxidation sites excluding steroid dienone is 1. The lowest BCUT2D eigenvalue weighted by molar-refractivity contribution is -0.333. The van der Waals surface area contributed by atoms with Crippen molar-refractivity contribution in [1.82, 2.24) is 0 Å². The quantitative estimate of drug-likeness (QED) is 0.338. The van der Waals surface area contributed by atoms with E-state index >= 15 is 0 Å². The maximum absolute atomic E-state index is 12.6. The van der Waals surface area contributed by atoms with Crippen LogP contribution < -0.4 is 33.3 Å². The van der Waals surface area contributed by atoms with Crippen LogP contribution in [0.25, 0.3) is 6.08 Å². The molecule has 0 N–H and O–H groups in total. The van der Waals surface area contributed by atoms with Crippen molar-refractivity contribution in [1.29, 1.82) is 0 Å². The number of carbonyl (C=O) groups is 1. The standard InChI is InChI=1S/C19H21O9P/c1-24-15-8-6-12(9-16(15)28-29(21,22)23)5-7-14(20)13-10-17(25-2)19(27-4)18(11-13)26-3/h5-11H,1-4H3,(H2,21,22,23)/p-2/b7-5+. The molecule has 0 heterocycles. The first-order chi connectivity index (χ1) is 13.7. The van der Waals surface area contributed by atoms with E-state index in [1.165, 1.54) is 64.9 Å². The molecule has 0 unspecified atom stereocenters. The molecule has 0 aliphatic heterocycles. The van der Waals surface area contributed by atoms with Crippen LogP contribution in [0.5, 0.6) is 28.7 Å². The van der Waals surface area contributed by atoms with E-state index in [4.69, 9.17) is 18.9 Å². The molecule has 2 rings (SSSR count). The van der Waals surface area contributed by atoms with Gasteiger partial charge in [0.2, 0.25) is 5.75 Å². The Kier molecular flexibility index (Phi) is 7.28. The van der Waals surface area contributed by atoms with Gasteiger partial charge in [-0.2, -0.15) is 0 Å². The van der Waals surface area contributed by atoms with Crippen LogP contribution in [0.2, 0.25) is 0 Å². The maximum atomic E-state index is 12.6. The molecule has 2 aromatic carbocycles. The Labute approximate surface area is 167 Å². The molecule has 9 nitrogen and oxygen atoms in total. The lowest BCUT2D eigenvalue weighted by atomic mass is 10.1. The van der Waals surface area contributed by atoms with Crippen molar-refractivity contribution in [2.75, 3.05) is 28.4 Å². The predicted molar refractivity (Wildman–Crippen MR) is 101 cm³/mol. The number of hydrogen-bond acceptors (Lipinski definition) is 9. The molecule has 0 bridgehead atoms. The fourth-order valence-corrected chi connectivity index (χ4v) is 2.86. The molecule has 0 amide bonds. The summed E-state index contributed by atoms with van der Waals surface area (Å²) in [7, 11) is 0.351. The number of benzene rings is 2. The van der Waals surface area contributed by atoms with E-state index in [1.807, 2.05) is 0 Å². The van der Waals surface area contributed by atoms with Gasteiger partial charge < -0.3 is 37.8 Å². The second kappa shape index (κ2) is 9.47. The lowest BCUT2D eigenvalue weighted by Gasteiger charge is -2.29. The smallest absolute Gasteiger partial charge is 0.203 e. The minimum absolute atomic E-state index is 0.0602. The number of ketones is 1. The monoisotopic (exact) mass is 422 g/mol. The largest absolute Gasteiger partial charge is 0.780 e. The van der Waals surface area contributed by atoms with Crippen LogP contribution in [0, 0.1) is 0 Å². The Hall–Kier alpha value is -3.00. The molecular formula is C19H19O9P-2. The van der Waals surface area contributed by atoms with Crippen LogP contribution in [0.3, 0.4) is 0 Å². The summed E-state index contributed by atoms with van der Waals surface area (Å²) in [6, 6.07) is 7.24. The van der Waals surface area contributed by atoms with Gasteiger partial charge in [0.05, 0.1) is 28.4 Å². The Morgan fingerprint density at radius 3 is 1.93 bits per heavy atom. The molecule has 0 fully saturated rings. The van der Waals surface area contributed by atoms with E-state index in [1.54, 1.807) is 6.07 Å². The number of phosphoric ester groups is 1. The highest BCUT2D eigenvalue weighted by molar-refractivity contribution is 7.43. The zero-order valence-corrected chi connectivity index (χ0v) is 17.1. The summed E-state index contributed by atoms with van der Waals surface area (Å²) >= 11 is 0. The van der Waals surface area contributed by atoms with Crippen LogP contribution in [0.4, 0.5) is 0 Å². The summed E-state index contributed by atoms with van der Waals surface area (Å²) < 4.78 is 35.9. The minimum atomic E-state index is -5.27. The summed E-state index contributed by atoms with van der Waals surface area (Å²) in [4.78, 5) is 34.3. The fourth-order valence-electron chi connectivity index (χ4n) is 2.48. The van der Waals surface area contributed by atoms with Crippen LogP contribution in [-0.2, 0) is 4.57 Å². The van der Waals surface area contributed by atoms with E-state index in [2.05, 4.69) is 4.52 Å². The molecular weight excluding hydrogens is 403 g/mol. The van der Waals surface area contributed by atoms with E-state index in [9.17, 15) is 19.1 Å². The van der Waals surface area contributed by atoms with Gasteiger partial charge in [-0.25, -0.2) is 0 Å². The summed E-state index contributed by atoms with van der Waals surface area (Å²) in [5, 5.41) is 0. The zero-order chi connectivity index (χ0) is 21.6. The predicted octanol–water partition coefficient (Wildman–Crippen LogP) is 1.82. The molecule has 0 atom stereocenters. The molecule has 0 aliphatic rings. The second-order valence-corrected chi connectivity index (χ2v) is 6.64. The molecule has 29 heavy (non-hydrogen) atoms. The number of carbonyl (C=O) groups excluding carboxylic acids is 1. The van der Waals surface area contributed by atoms with Crippen LogP contribution in [0.1, 0.15) is 15.9 Å². The molecule has 0 aromatic heterocycles. The second-order valence-electron chi connectivity index (χ2n) is 5.56. The summed E-state index contributed by atoms with van der Waals surface area (Å²) in [6.07, 6.45) is 2.69. The summed E-state index contributed by atoms with van der Waals surface area (Å²) in [5.74, 6) is 0.414. The summed E-state index contributed by atoms with van der Waals surface area (Å²) in [6.45, 7) is 0. The van der Waals surface area contributed by atoms with Gasteiger partial charge in [-0.15, -0.1) is 0 Å². The highest BCUT2D eigenvalue weighted by Crippen LogP contribution is 2.39. The average Bonchev–Trinajstić information content (AvgIpc) is 2.69. The number of hydrogen-bond donors (Lipinski definition) is 0. The first-order valence-electron chi connectivity index (χ1n) is 8.14. The molecule has 10 heteroatoms. The zero-order valence-electron chi connectivity index (χ0n) is 16.2. The highest BCUT2D eigenvalue weighted by atomic mass is 31.2. The van der Waals surface area contributed by atoms with E-state index in [0.29, 0.717) is 22.8 Å². The fraction of sp³-hybridized carbons (Fsp3) is 0.211. The van der Waals surface area contributed by atoms with Gasteiger partial charge in [0.25, 0.3) is 0 Å². The third kappa shape index (κ3) is 5.74. The van der Waals surface area contributed by atoms with Crippen molar-refractivity contribution in [2.45, 2.75) is 0 Å². The topological polar surface area (TPSA) is 126 Å². The SMILES string of the molecule is COc1ccc(/C=C/C(=O)c2cc(OC)c(OC)c(OC)c2)cc1OP(=O)([O-])[O-]. The first-order valence-corrected chi connectivity index (χ1v) is 9.60. The van der Waals surface area contributed by atoms with Gasteiger partial charge in [-0.1, -0.05) is 12.1 Å². The van der Waals surface area contributed by atoms with Crippen LogP contribution in [-0.4, -0.2) is 34.2 Å². The minimum Gasteiger partial charge on any atom is -0.780 e. The third-order valence-electron chi connectivity index (χ3n) is 3.77. The van der Waals surface area contributed by atoms with Gasteiger partial charge >= 0.3 is 0 Å². The van der Waals surface area contributed by atoms with Gasteiger partial charge in [0.15, 0.2) is 28.8 Å². The number of methoxy groups -OCH3 is 4. The van der Waals surface area contributed by atoms with E-state index < -0.39 is 7.82 Å². The van der Waals surface area contributed by atoms with Crippen molar-refractivity contribution in [3.63, 3.8) is 0 Å². The van der Waals surface area contributed by atoms with Crippen molar-refractivity contribution >= 4 is 19.7 Å². The van der Waals surface area contributed by atoms with Gasteiger partial charge in [-0.3, -0.25) is 4.79 Å². The van der Waals surface area contributed by atoms with Crippen LogP contribution >= 0.6 is 7.82 Å². The van der Waals surface area contributed by atoms with Crippen molar-refractivity contribution in [3.05, 3.63) is 47.5 Å². The number of ether oxygens (including phenoxy) is 4. The first kappa shape index (κ1) is 22.3. The van der Waals surface area contributed by atoms with Gasteiger partial charge in [-0.05, 0) is 35.9 Å². The third-order valence-corrected chi connectivity index (χ3v) is 4.19. The Balaban J connectivity index is 2.33. The summed E-state index contributed by atoms with van der Waals surface area (Å²) in [5.41, 5.74) is 0.694. The Morgan fingerprint density at radius 2 is 1.45 bits per heavy atom. The highest BCUT2D eigenvalue weighted by Gasteiger charge is 2.16. The van der Waals surface area contributed by atoms with E-state index in [-0.39, 0.29) is 22.8 Å². The Bertz CT molecular complexity index is 937. The molecule has 0 saturated heterocycles. The van der Waals surface area contributed by atoms with Gasteiger partial charge in [0, 0.05) is 5.56 Å². The van der Waals surface area contributed by atoms with Crippen molar-refractivity contribution < 1.29 is 42.6 Å². The molecule has 0 saturated carbocycles. The number of rotatable bonds is 9. The molecule has 0 spiro atoms. The van der Waals surface area contributed by atoms with Crippen molar-refractivity contribution in [2.24, 2.45) is 0 Å². The lowest BCUT2D eigenvalue weighted by Crippen LogP contribution is -2.18. The Morgan fingerprint density at radius 1 is 0.862 bits per heavy atom. The maximum Gasteiger partial charge on any atom is 0.203 e. The van der Waals surface area contributed by atoms with Crippen LogP contribution in [0.15, 0.2) is 36.4 Å². The van der Waals surface area contributed by atoms with Gasteiger partial charge in [0.1, 0.15) is 7.82 Å². The molecule has 2 aromatic rings. The molecule has 0 radical (unpaired) electrons. The number of phosphoric acid groups is 1. The average molecular weight is 422 g/mol. The van der Waals surface area contributed by atoms with E-state index in [0.717, 1.165) is 0 Å².